The van der Waals surface area contributed by atoms with Crippen molar-refractivity contribution in [2.45, 2.75) is 45.7 Å². The molecule has 5 rings (SSSR count). The van der Waals surface area contributed by atoms with Crippen LogP contribution in [0.2, 0.25) is 0 Å². The number of hydrogen-bond donors (Lipinski definition) is 1. The summed E-state index contributed by atoms with van der Waals surface area (Å²) in [7, 11) is 0. The fraction of sp³-hybridized carbons (Fsp3) is 0.267. The number of rotatable bonds is 6. The Morgan fingerprint density at radius 2 is 1.94 bits per heavy atom. The maximum Gasteiger partial charge on any atom is 0.133 e. The third kappa shape index (κ3) is 4.40. The van der Waals surface area contributed by atoms with E-state index in [9.17, 15) is 0 Å². The van der Waals surface area contributed by atoms with E-state index in [0.717, 1.165) is 60.5 Å². The van der Waals surface area contributed by atoms with Gasteiger partial charge in [-0.25, -0.2) is 4.98 Å². The third-order valence-electron chi connectivity index (χ3n) is 6.92. The highest BCUT2D eigenvalue weighted by Gasteiger charge is 2.24. The van der Waals surface area contributed by atoms with Crippen molar-refractivity contribution in [2.24, 2.45) is 0 Å². The summed E-state index contributed by atoms with van der Waals surface area (Å²) in [6.45, 7) is 6.28. The molecule has 4 nitrogen and oxygen atoms in total. The molecule has 3 heterocycles. The van der Waals surface area contributed by atoms with Crippen LogP contribution in [-0.4, -0.2) is 27.5 Å². The maximum absolute atomic E-state index is 5.61. The molecule has 2 aromatic heterocycles. The lowest BCUT2D eigenvalue weighted by Gasteiger charge is -2.35. The SMILES string of the molecule is C#CCC(CC)N1CCc2c(ccnc2Nc2ccc(C)c(-c3cc4ccccc4cn3)c2)C1. The summed E-state index contributed by atoms with van der Waals surface area (Å²) in [4.78, 5) is 12.0. The molecule has 0 fully saturated rings. The van der Waals surface area contributed by atoms with Gasteiger partial charge in [0.15, 0.2) is 0 Å². The number of pyridine rings is 2. The molecule has 1 aliphatic heterocycles. The number of hydrogen-bond acceptors (Lipinski definition) is 4. The number of nitrogens with one attached hydrogen (secondary N) is 1. The first kappa shape index (κ1) is 22.1. The minimum absolute atomic E-state index is 0.442. The van der Waals surface area contributed by atoms with Crippen molar-refractivity contribution in [3.63, 3.8) is 0 Å². The monoisotopic (exact) mass is 446 g/mol. The zero-order valence-corrected chi connectivity index (χ0v) is 19.9. The Hall–Kier alpha value is -3.68. The summed E-state index contributed by atoms with van der Waals surface area (Å²) in [5.74, 6) is 3.79. The van der Waals surface area contributed by atoms with E-state index in [-0.39, 0.29) is 0 Å². The summed E-state index contributed by atoms with van der Waals surface area (Å²) >= 11 is 0. The number of aromatic nitrogens is 2. The van der Waals surface area contributed by atoms with Gasteiger partial charge in [-0.05, 0) is 60.5 Å². The Bertz CT molecular complexity index is 1370. The van der Waals surface area contributed by atoms with Crippen LogP contribution in [0.1, 0.15) is 36.5 Å². The molecule has 1 N–H and O–H groups in total. The van der Waals surface area contributed by atoms with E-state index in [1.165, 1.54) is 22.1 Å². The summed E-state index contributed by atoms with van der Waals surface area (Å²) in [5, 5.41) is 5.95. The molecule has 4 aromatic rings. The molecule has 1 aliphatic rings. The van der Waals surface area contributed by atoms with E-state index in [1.807, 2.05) is 18.5 Å². The lowest BCUT2D eigenvalue weighted by atomic mass is 9.97. The molecular formula is C30H30N4. The van der Waals surface area contributed by atoms with Gasteiger partial charge < -0.3 is 5.32 Å². The van der Waals surface area contributed by atoms with Gasteiger partial charge in [-0.2, -0.15) is 0 Å². The highest BCUT2D eigenvalue weighted by molar-refractivity contribution is 5.86. The van der Waals surface area contributed by atoms with Crippen LogP contribution in [-0.2, 0) is 13.0 Å². The van der Waals surface area contributed by atoms with Crippen molar-refractivity contribution < 1.29 is 0 Å². The van der Waals surface area contributed by atoms with Gasteiger partial charge in [0.25, 0.3) is 0 Å². The van der Waals surface area contributed by atoms with Crippen molar-refractivity contribution in [3.8, 4) is 23.6 Å². The molecular weight excluding hydrogens is 416 g/mol. The Morgan fingerprint density at radius 1 is 1.09 bits per heavy atom. The quantitative estimate of drug-likeness (QED) is 0.343. The molecule has 4 heteroatoms. The van der Waals surface area contributed by atoms with Gasteiger partial charge in [-0.15, -0.1) is 12.3 Å². The van der Waals surface area contributed by atoms with Crippen LogP contribution < -0.4 is 5.32 Å². The smallest absolute Gasteiger partial charge is 0.133 e. The molecule has 0 bridgehead atoms. The number of nitrogens with zero attached hydrogens (tertiary/aromatic N) is 3. The first-order chi connectivity index (χ1) is 16.7. The van der Waals surface area contributed by atoms with Crippen LogP contribution in [0.25, 0.3) is 22.0 Å². The molecule has 0 radical (unpaired) electrons. The number of fused-ring (bicyclic) bond motifs is 2. The van der Waals surface area contributed by atoms with Gasteiger partial charge in [0, 0.05) is 60.1 Å². The Balaban J connectivity index is 1.42. The van der Waals surface area contributed by atoms with E-state index in [0.29, 0.717) is 6.04 Å². The van der Waals surface area contributed by atoms with Crippen molar-refractivity contribution in [1.82, 2.24) is 14.9 Å². The first-order valence-corrected chi connectivity index (χ1v) is 12.0. The van der Waals surface area contributed by atoms with Gasteiger partial charge in [0.2, 0.25) is 0 Å². The molecule has 34 heavy (non-hydrogen) atoms. The van der Waals surface area contributed by atoms with Crippen LogP contribution >= 0.6 is 0 Å². The average Bonchev–Trinajstić information content (AvgIpc) is 2.88. The number of aryl methyl sites for hydroxylation is 1. The van der Waals surface area contributed by atoms with E-state index < -0.39 is 0 Å². The second-order valence-electron chi connectivity index (χ2n) is 9.06. The number of terminal acetylenes is 1. The molecule has 0 aliphatic carbocycles. The standard InChI is InChI=1S/C30H30N4/c1-4-8-26(5-2)34-16-14-27-24(20-34)13-15-31-30(27)33-25-12-11-21(3)28(18-25)29-17-22-9-6-7-10-23(22)19-32-29/h1,6-7,9-13,15,17-19,26H,5,8,14,16,20H2,2-3H3,(H,31,33). The van der Waals surface area contributed by atoms with Crippen LogP contribution in [0.15, 0.2) is 67.0 Å². The summed E-state index contributed by atoms with van der Waals surface area (Å²) in [6, 6.07) is 19.5. The highest BCUT2D eigenvalue weighted by Crippen LogP contribution is 2.31. The normalized spacial score (nSPS) is 14.4. The van der Waals surface area contributed by atoms with Gasteiger partial charge in [-0.1, -0.05) is 37.3 Å². The highest BCUT2D eigenvalue weighted by atomic mass is 15.2. The second kappa shape index (κ2) is 9.67. The van der Waals surface area contributed by atoms with E-state index >= 15 is 0 Å². The molecule has 0 saturated carbocycles. The Kier molecular flexibility index (Phi) is 6.29. The Labute approximate surface area is 202 Å². The van der Waals surface area contributed by atoms with E-state index in [4.69, 9.17) is 16.4 Å². The van der Waals surface area contributed by atoms with Crippen LogP contribution in [0.3, 0.4) is 0 Å². The molecule has 0 saturated heterocycles. The summed E-state index contributed by atoms with van der Waals surface area (Å²) in [6.07, 6.45) is 12.3. The molecule has 0 amide bonds. The second-order valence-corrected chi connectivity index (χ2v) is 9.06. The number of benzene rings is 2. The molecule has 0 spiro atoms. The largest absolute Gasteiger partial charge is 0.340 e. The molecule has 170 valence electrons. The predicted octanol–water partition coefficient (Wildman–Crippen LogP) is 6.51. The van der Waals surface area contributed by atoms with Crippen molar-refractivity contribution >= 4 is 22.3 Å². The molecule has 2 aromatic carbocycles. The molecule has 1 unspecified atom stereocenters. The topological polar surface area (TPSA) is 41.1 Å². The third-order valence-corrected chi connectivity index (χ3v) is 6.92. The van der Waals surface area contributed by atoms with Crippen molar-refractivity contribution in [2.75, 3.05) is 11.9 Å². The summed E-state index contributed by atoms with van der Waals surface area (Å²) in [5.41, 5.74) is 6.98. The number of anilines is 2. The van der Waals surface area contributed by atoms with Gasteiger partial charge in [-0.3, -0.25) is 9.88 Å². The van der Waals surface area contributed by atoms with Gasteiger partial charge >= 0.3 is 0 Å². The van der Waals surface area contributed by atoms with Crippen molar-refractivity contribution in [3.05, 3.63) is 83.7 Å². The Morgan fingerprint density at radius 3 is 2.76 bits per heavy atom. The van der Waals surface area contributed by atoms with Crippen LogP contribution in [0.5, 0.6) is 0 Å². The summed E-state index contributed by atoms with van der Waals surface area (Å²) < 4.78 is 0. The maximum atomic E-state index is 5.61. The lowest BCUT2D eigenvalue weighted by molar-refractivity contribution is 0.176. The van der Waals surface area contributed by atoms with Crippen molar-refractivity contribution in [1.29, 1.82) is 0 Å². The van der Waals surface area contributed by atoms with E-state index in [2.05, 4.69) is 78.5 Å². The minimum atomic E-state index is 0.442. The minimum Gasteiger partial charge on any atom is -0.340 e. The predicted molar refractivity (Wildman–Crippen MR) is 141 cm³/mol. The van der Waals surface area contributed by atoms with Gasteiger partial charge in [0.1, 0.15) is 5.82 Å². The van der Waals surface area contributed by atoms with Crippen LogP contribution in [0, 0.1) is 19.3 Å². The van der Waals surface area contributed by atoms with Crippen LogP contribution in [0.4, 0.5) is 11.5 Å². The fourth-order valence-corrected chi connectivity index (χ4v) is 4.94. The average molecular weight is 447 g/mol. The van der Waals surface area contributed by atoms with Gasteiger partial charge in [0.05, 0.1) is 5.69 Å². The molecule has 1 atom stereocenters. The fourth-order valence-electron chi connectivity index (χ4n) is 4.94. The zero-order chi connectivity index (χ0) is 23.5. The van der Waals surface area contributed by atoms with E-state index in [1.54, 1.807) is 0 Å². The zero-order valence-electron chi connectivity index (χ0n) is 19.9. The lowest BCUT2D eigenvalue weighted by Crippen LogP contribution is -2.39. The first-order valence-electron chi connectivity index (χ1n) is 12.0.